The van der Waals surface area contributed by atoms with E-state index >= 15 is 0 Å². The maximum absolute atomic E-state index is 13.3. The molecule has 2 aromatic carbocycles. The maximum atomic E-state index is 13.3. The van der Waals surface area contributed by atoms with E-state index in [2.05, 4.69) is 0 Å². The third kappa shape index (κ3) is 3.64. The van der Waals surface area contributed by atoms with Crippen molar-refractivity contribution >= 4 is 34.0 Å². The molecular formula is C25H26N4O3. The van der Waals surface area contributed by atoms with Crippen LogP contribution in [0, 0.1) is 0 Å². The summed E-state index contributed by atoms with van der Waals surface area (Å²) in [6, 6.07) is 15.3. The molecule has 0 atom stereocenters. The van der Waals surface area contributed by atoms with E-state index in [9.17, 15) is 4.79 Å². The normalized spacial score (nSPS) is 14.7. The molecule has 0 radical (unpaired) electrons. The van der Waals surface area contributed by atoms with Gasteiger partial charge in [0, 0.05) is 5.56 Å². The fraction of sp³-hybridized carbons (Fsp3) is 0.320. The van der Waals surface area contributed by atoms with Gasteiger partial charge in [-0.1, -0.05) is 36.8 Å². The highest BCUT2D eigenvalue weighted by molar-refractivity contribution is 6.08. The number of aromatic nitrogens is 3. The molecule has 0 aliphatic heterocycles. The van der Waals surface area contributed by atoms with Gasteiger partial charge in [0.05, 0.1) is 24.7 Å². The third-order valence-corrected chi connectivity index (χ3v) is 6.14. The summed E-state index contributed by atoms with van der Waals surface area (Å²) in [5.41, 5.74) is 10.3. The van der Waals surface area contributed by atoms with Gasteiger partial charge in [-0.3, -0.25) is 0 Å². The van der Waals surface area contributed by atoms with Gasteiger partial charge >= 0.3 is 5.97 Å². The van der Waals surface area contributed by atoms with Crippen LogP contribution in [-0.4, -0.2) is 33.7 Å². The van der Waals surface area contributed by atoms with Gasteiger partial charge in [0.15, 0.2) is 5.65 Å². The van der Waals surface area contributed by atoms with Crippen LogP contribution in [0.25, 0.3) is 22.2 Å². The molecule has 7 heteroatoms. The summed E-state index contributed by atoms with van der Waals surface area (Å²) in [5.74, 6) is 0.624. The second kappa shape index (κ2) is 8.49. The second-order valence-corrected chi connectivity index (χ2v) is 8.21. The Kier molecular flexibility index (Phi) is 5.39. The number of nitrogens with two attached hydrogens (primary N) is 1. The Morgan fingerprint density at radius 1 is 1.03 bits per heavy atom. The van der Waals surface area contributed by atoms with Crippen molar-refractivity contribution in [1.29, 1.82) is 0 Å². The Labute approximate surface area is 186 Å². The summed E-state index contributed by atoms with van der Waals surface area (Å²) in [5, 5.41) is 0. The molecule has 1 aliphatic carbocycles. The van der Waals surface area contributed by atoms with E-state index in [4.69, 9.17) is 25.2 Å². The van der Waals surface area contributed by atoms with Crippen molar-refractivity contribution in [2.75, 3.05) is 12.8 Å². The molecule has 0 amide bonds. The largest absolute Gasteiger partial charge is 0.496 e. The Bertz CT molecular complexity index is 1290. The molecule has 0 spiro atoms. The van der Waals surface area contributed by atoms with Gasteiger partial charge in [-0.2, -0.15) is 0 Å². The zero-order chi connectivity index (χ0) is 22.1. The van der Waals surface area contributed by atoms with Crippen LogP contribution in [0.15, 0.2) is 48.5 Å². The summed E-state index contributed by atoms with van der Waals surface area (Å²) >= 11 is 0. The van der Waals surface area contributed by atoms with Gasteiger partial charge in [0.25, 0.3) is 0 Å². The number of hydrogen-bond acceptors (Lipinski definition) is 6. The number of ether oxygens (including phenoxy) is 2. The highest BCUT2D eigenvalue weighted by Crippen LogP contribution is 2.32. The number of fused-ring (bicyclic) bond motifs is 2. The van der Waals surface area contributed by atoms with Crippen molar-refractivity contribution in [3.63, 3.8) is 0 Å². The fourth-order valence-electron chi connectivity index (χ4n) is 4.48. The minimum atomic E-state index is -0.428. The number of methoxy groups -OCH3 is 1. The zero-order valence-electron chi connectivity index (χ0n) is 18.1. The summed E-state index contributed by atoms with van der Waals surface area (Å²) in [4.78, 5) is 22.8. The number of benzene rings is 2. The molecule has 7 nitrogen and oxygen atoms in total. The molecule has 0 bridgehead atoms. The topological polar surface area (TPSA) is 92.3 Å². The lowest BCUT2D eigenvalue weighted by Crippen LogP contribution is -2.21. The molecular weight excluding hydrogens is 404 g/mol. The first-order valence-electron chi connectivity index (χ1n) is 11.0. The smallest absolute Gasteiger partial charge is 0.344 e. The van der Waals surface area contributed by atoms with E-state index in [0.717, 1.165) is 42.5 Å². The minimum absolute atomic E-state index is 0.0725. The van der Waals surface area contributed by atoms with Crippen LogP contribution >= 0.6 is 0 Å². The van der Waals surface area contributed by atoms with E-state index in [0.29, 0.717) is 34.6 Å². The van der Waals surface area contributed by atoms with Crippen molar-refractivity contribution in [3.8, 4) is 5.75 Å². The Hall–Kier alpha value is -3.61. The SMILES string of the molecule is COc1ccccc1Cn1c(N)c(C(=O)OC2CCCCC2)c2nc3ccccc3nc21. The van der Waals surface area contributed by atoms with Crippen molar-refractivity contribution < 1.29 is 14.3 Å². The number of rotatable bonds is 5. The molecule has 2 aromatic heterocycles. The number of para-hydroxylation sites is 3. The van der Waals surface area contributed by atoms with Crippen molar-refractivity contribution in [3.05, 3.63) is 59.7 Å². The second-order valence-electron chi connectivity index (χ2n) is 8.21. The first-order valence-corrected chi connectivity index (χ1v) is 11.0. The number of carbonyl (C=O) groups is 1. The average molecular weight is 431 g/mol. The average Bonchev–Trinajstić information content (AvgIpc) is 3.09. The number of anilines is 1. The molecule has 0 unspecified atom stereocenters. The minimum Gasteiger partial charge on any atom is -0.496 e. The third-order valence-electron chi connectivity index (χ3n) is 6.14. The van der Waals surface area contributed by atoms with Gasteiger partial charge < -0.3 is 19.8 Å². The van der Waals surface area contributed by atoms with Gasteiger partial charge in [0.1, 0.15) is 28.8 Å². The molecule has 5 rings (SSSR count). The lowest BCUT2D eigenvalue weighted by Gasteiger charge is -2.21. The van der Waals surface area contributed by atoms with Crippen LogP contribution in [0.2, 0.25) is 0 Å². The van der Waals surface area contributed by atoms with E-state index in [1.165, 1.54) is 6.42 Å². The Morgan fingerprint density at radius 2 is 1.72 bits per heavy atom. The van der Waals surface area contributed by atoms with Crippen LogP contribution in [0.5, 0.6) is 5.75 Å². The molecule has 2 heterocycles. The van der Waals surface area contributed by atoms with Gasteiger partial charge in [-0.25, -0.2) is 14.8 Å². The van der Waals surface area contributed by atoms with Gasteiger partial charge in [-0.05, 0) is 43.9 Å². The predicted molar refractivity (Wildman–Crippen MR) is 124 cm³/mol. The number of esters is 1. The first kappa shape index (κ1) is 20.3. The fourth-order valence-corrected chi connectivity index (χ4v) is 4.48. The zero-order valence-corrected chi connectivity index (χ0v) is 18.1. The highest BCUT2D eigenvalue weighted by Gasteiger charge is 2.28. The number of carbonyl (C=O) groups excluding carboxylic acids is 1. The number of nitrogen functional groups attached to an aromatic ring is 1. The van der Waals surface area contributed by atoms with Crippen LogP contribution < -0.4 is 10.5 Å². The lowest BCUT2D eigenvalue weighted by atomic mass is 9.98. The molecule has 2 N–H and O–H groups in total. The number of nitrogens with zero attached hydrogens (tertiary/aromatic N) is 3. The van der Waals surface area contributed by atoms with Crippen molar-refractivity contribution in [1.82, 2.24) is 14.5 Å². The van der Waals surface area contributed by atoms with E-state index in [-0.39, 0.29) is 6.10 Å². The van der Waals surface area contributed by atoms with Crippen molar-refractivity contribution in [2.24, 2.45) is 0 Å². The quantitative estimate of drug-likeness (QED) is 0.461. The summed E-state index contributed by atoms with van der Waals surface area (Å²) < 4.78 is 13.2. The maximum Gasteiger partial charge on any atom is 0.344 e. The summed E-state index contributed by atoms with van der Waals surface area (Å²) in [6.07, 6.45) is 5.05. The van der Waals surface area contributed by atoms with Gasteiger partial charge in [0.2, 0.25) is 0 Å². The Morgan fingerprint density at radius 3 is 2.47 bits per heavy atom. The van der Waals surface area contributed by atoms with Crippen LogP contribution in [0.4, 0.5) is 5.82 Å². The van der Waals surface area contributed by atoms with E-state index in [1.54, 1.807) is 7.11 Å². The summed E-state index contributed by atoms with van der Waals surface area (Å²) in [7, 11) is 1.64. The molecule has 1 aliphatic rings. The predicted octanol–water partition coefficient (Wildman–Crippen LogP) is 4.71. The van der Waals surface area contributed by atoms with E-state index < -0.39 is 5.97 Å². The summed E-state index contributed by atoms with van der Waals surface area (Å²) in [6.45, 7) is 0.399. The van der Waals surface area contributed by atoms with E-state index in [1.807, 2.05) is 53.1 Å². The van der Waals surface area contributed by atoms with Crippen LogP contribution in [0.1, 0.15) is 48.0 Å². The lowest BCUT2D eigenvalue weighted by molar-refractivity contribution is 0.0214. The molecule has 1 fully saturated rings. The van der Waals surface area contributed by atoms with Gasteiger partial charge in [-0.15, -0.1) is 0 Å². The van der Waals surface area contributed by atoms with Crippen LogP contribution in [-0.2, 0) is 11.3 Å². The highest BCUT2D eigenvalue weighted by atomic mass is 16.5. The standard InChI is InChI=1S/C25H26N4O3/c1-31-20-14-8-5-9-16(20)15-29-23(26)21(25(30)32-17-10-3-2-4-11-17)22-24(29)28-19-13-7-6-12-18(19)27-22/h5-9,12-14,17H,2-4,10-11,15,26H2,1H3. The van der Waals surface area contributed by atoms with Crippen molar-refractivity contribution in [2.45, 2.75) is 44.8 Å². The van der Waals surface area contributed by atoms with Crippen LogP contribution in [0.3, 0.4) is 0 Å². The number of hydrogen-bond donors (Lipinski definition) is 1. The monoisotopic (exact) mass is 430 g/mol. The molecule has 0 saturated heterocycles. The molecule has 4 aromatic rings. The molecule has 32 heavy (non-hydrogen) atoms. The molecule has 1 saturated carbocycles. The first-order chi connectivity index (χ1) is 15.7. The molecule has 164 valence electrons. The Balaban J connectivity index is 1.64.